The molecule has 1 saturated heterocycles. The van der Waals surface area contributed by atoms with Crippen LogP contribution in [0.2, 0.25) is 0 Å². The lowest BCUT2D eigenvalue weighted by atomic mass is 10.0. The van der Waals surface area contributed by atoms with Gasteiger partial charge < -0.3 is 35.8 Å². The third kappa shape index (κ3) is 7.93. The van der Waals surface area contributed by atoms with Crippen LogP contribution in [0.15, 0.2) is 48.5 Å². The highest BCUT2D eigenvalue weighted by Crippen LogP contribution is 2.19. The Balaban J connectivity index is 0.00000560. The van der Waals surface area contributed by atoms with Gasteiger partial charge in [0.05, 0.1) is 13.5 Å². The number of hydrogen-bond donors (Lipinski definition) is 5. The fourth-order valence-corrected chi connectivity index (χ4v) is 4.17. The largest absolute Gasteiger partial charge is 0.508 e. The van der Waals surface area contributed by atoms with Crippen LogP contribution in [0.25, 0.3) is 0 Å². The average Bonchev–Trinajstić information content (AvgIpc) is 2.91. The van der Waals surface area contributed by atoms with Gasteiger partial charge in [0.2, 0.25) is 11.8 Å². The minimum absolute atomic E-state index is 0. The molecule has 0 radical (unpaired) electrons. The molecule has 0 bridgehead atoms. The highest BCUT2D eigenvalue weighted by Gasteiger charge is 2.41. The van der Waals surface area contributed by atoms with Gasteiger partial charge in [0.15, 0.2) is 0 Å². The SMILES string of the molecule is COC(=O)C[C@H]1C(=O)N(CC(=O)O)CCN1C(=O)[C@H](Cc1ccc(O)cc1)NC(=O)c1ccc(C(=N)N)cc1.Cl. The molecule has 2 aromatic carbocycles. The molecule has 3 amide bonds. The van der Waals surface area contributed by atoms with Crippen molar-refractivity contribution in [1.82, 2.24) is 15.1 Å². The van der Waals surface area contributed by atoms with E-state index in [9.17, 15) is 29.1 Å². The van der Waals surface area contributed by atoms with Crippen LogP contribution in [-0.4, -0.2) is 94.3 Å². The number of esters is 1. The molecule has 1 aliphatic heterocycles. The number of carboxylic acids is 1. The molecule has 40 heavy (non-hydrogen) atoms. The first kappa shape index (κ1) is 31.6. The third-order valence-corrected chi connectivity index (χ3v) is 6.22. The lowest BCUT2D eigenvalue weighted by molar-refractivity contribution is -0.159. The molecule has 0 aromatic heterocycles. The number of rotatable bonds is 10. The Morgan fingerprint density at radius 2 is 1.68 bits per heavy atom. The molecule has 6 N–H and O–H groups in total. The Kier molecular flexibility index (Phi) is 11.0. The molecule has 1 heterocycles. The quantitative estimate of drug-likeness (QED) is 0.148. The predicted octanol–water partition coefficient (Wildman–Crippen LogP) is 0.126. The first-order valence-electron chi connectivity index (χ1n) is 11.9. The van der Waals surface area contributed by atoms with Gasteiger partial charge in [0.1, 0.15) is 30.2 Å². The number of piperazine rings is 1. The van der Waals surface area contributed by atoms with Crippen molar-refractivity contribution < 1.29 is 38.9 Å². The Bertz CT molecular complexity index is 1270. The summed E-state index contributed by atoms with van der Waals surface area (Å²) >= 11 is 0. The number of phenolic OH excluding ortho intramolecular Hbond substituents is 1. The van der Waals surface area contributed by atoms with E-state index in [4.69, 9.17) is 16.2 Å². The van der Waals surface area contributed by atoms with Crippen LogP contribution >= 0.6 is 12.4 Å². The van der Waals surface area contributed by atoms with Crippen molar-refractivity contribution in [3.05, 3.63) is 65.2 Å². The van der Waals surface area contributed by atoms with Gasteiger partial charge in [-0.3, -0.25) is 29.4 Å². The summed E-state index contributed by atoms with van der Waals surface area (Å²) in [6, 6.07) is 9.35. The first-order valence-corrected chi connectivity index (χ1v) is 11.9. The van der Waals surface area contributed by atoms with Gasteiger partial charge in [-0.2, -0.15) is 0 Å². The molecule has 0 unspecified atom stereocenters. The zero-order valence-electron chi connectivity index (χ0n) is 21.5. The predicted molar refractivity (Wildman–Crippen MR) is 144 cm³/mol. The normalized spacial score (nSPS) is 15.4. The Labute approximate surface area is 235 Å². The summed E-state index contributed by atoms with van der Waals surface area (Å²) in [5.74, 6) is -4.17. The summed E-state index contributed by atoms with van der Waals surface area (Å²) in [5.41, 5.74) is 6.66. The number of ether oxygens (including phenoxy) is 1. The highest BCUT2D eigenvalue weighted by molar-refractivity contribution is 6.01. The van der Waals surface area contributed by atoms with Gasteiger partial charge in [0.25, 0.3) is 5.91 Å². The number of carbonyl (C=O) groups is 5. The minimum Gasteiger partial charge on any atom is -0.508 e. The molecule has 0 spiro atoms. The number of carboxylic acid groups (broad SMARTS) is 1. The second kappa shape index (κ2) is 13.9. The Hall–Kier alpha value is -4.65. The fraction of sp³-hybridized carbons (Fsp3) is 0.308. The second-order valence-corrected chi connectivity index (χ2v) is 8.87. The minimum atomic E-state index is -1.33. The lowest BCUT2D eigenvalue weighted by Gasteiger charge is -2.41. The molecular weight excluding hydrogens is 546 g/mol. The van der Waals surface area contributed by atoms with E-state index >= 15 is 0 Å². The molecule has 1 aliphatic rings. The van der Waals surface area contributed by atoms with E-state index in [2.05, 4.69) is 10.1 Å². The molecule has 214 valence electrons. The third-order valence-electron chi connectivity index (χ3n) is 6.22. The molecule has 2 atom stereocenters. The van der Waals surface area contributed by atoms with E-state index < -0.39 is 54.7 Å². The van der Waals surface area contributed by atoms with Gasteiger partial charge in [-0.25, -0.2) is 0 Å². The number of phenols is 1. The van der Waals surface area contributed by atoms with Gasteiger partial charge >= 0.3 is 11.9 Å². The van der Waals surface area contributed by atoms with E-state index in [1.54, 1.807) is 12.1 Å². The monoisotopic (exact) mass is 575 g/mol. The number of nitrogens with one attached hydrogen (secondary N) is 2. The molecule has 1 fully saturated rings. The number of methoxy groups -OCH3 is 1. The maximum absolute atomic E-state index is 13.8. The van der Waals surface area contributed by atoms with E-state index in [0.717, 1.165) is 16.9 Å². The Morgan fingerprint density at radius 3 is 2.23 bits per heavy atom. The van der Waals surface area contributed by atoms with Gasteiger partial charge in [-0.05, 0) is 29.8 Å². The van der Waals surface area contributed by atoms with Crippen molar-refractivity contribution in [2.24, 2.45) is 5.73 Å². The number of nitrogen functional groups attached to an aromatic ring is 1. The van der Waals surface area contributed by atoms with Gasteiger partial charge in [0, 0.05) is 30.6 Å². The van der Waals surface area contributed by atoms with E-state index in [1.165, 1.54) is 36.4 Å². The molecule has 0 saturated carbocycles. The summed E-state index contributed by atoms with van der Waals surface area (Å²) in [6.45, 7) is -0.752. The number of aromatic hydroxyl groups is 1. The molecule has 2 aromatic rings. The first-order chi connectivity index (χ1) is 18.5. The zero-order chi connectivity index (χ0) is 28.7. The number of nitrogens with zero attached hydrogens (tertiary/aromatic N) is 2. The second-order valence-electron chi connectivity index (χ2n) is 8.87. The van der Waals surface area contributed by atoms with Crippen LogP contribution in [0.4, 0.5) is 0 Å². The topological polar surface area (TPSA) is 203 Å². The van der Waals surface area contributed by atoms with Crippen LogP contribution in [-0.2, 0) is 30.3 Å². The summed E-state index contributed by atoms with van der Waals surface area (Å²) in [4.78, 5) is 65.5. The molecule has 3 rings (SSSR count). The lowest BCUT2D eigenvalue weighted by Crippen LogP contribution is -2.63. The van der Waals surface area contributed by atoms with Crippen molar-refractivity contribution in [1.29, 1.82) is 5.41 Å². The number of nitrogens with two attached hydrogens (primary N) is 1. The molecular formula is C26H30ClN5O8. The molecule has 13 nitrogen and oxygen atoms in total. The number of carbonyl (C=O) groups excluding carboxylic acids is 4. The summed E-state index contributed by atoms with van der Waals surface area (Å²) in [7, 11) is 1.13. The van der Waals surface area contributed by atoms with Crippen LogP contribution < -0.4 is 11.1 Å². The average molecular weight is 576 g/mol. The van der Waals surface area contributed by atoms with Crippen molar-refractivity contribution in [2.75, 3.05) is 26.7 Å². The fourth-order valence-electron chi connectivity index (χ4n) is 4.17. The maximum atomic E-state index is 13.8. The van der Waals surface area contributed by atoms with Gasteiger partial charge in [-0.15, -0.1) is 12.4 Å². The molecule has 14 heteroatoms. The number of halogens is 1. The number of amidine groups is 1. The van der Waals surface area contributed by atoms with Crippen molar-refractivity contribution in [3.8, 4) is 5.75 Å². The van der Waals surface area contributed by atoms with E-state index in [-0.39, 0.29) is 49.1 Å². The summed E-state index contributed by atoms with van der Waals surface area (Å²) in [5, 5.41) is 28.9. The number of aliphatic carboxylic acids is 1. The van der Waals surface area contributed by atoms with E-state index in [0.29, 0.717) is 11.1 Å². The zero-order valence-corrected chi connectivity index (χ0v) is 22.3. The van der Waals surface area contributed by atoms with Gasteiger partial charge in [-0.1, -0.05) is 24.3 Å². The summed E-state index contributed by atoms with van der Waals surface area (Å²) < 4.78 is 4.68. The smallest absolute Gasteiger partial charge is 0.323 e. The number of benzene rings is 2. The van der Waals surface area contributed by atoms with Crippen LogP contribution in [0.5, 0.6) is 5.75 Å². The van der Waals surface area contributed by atoms with Crippen LogP contribution in [0, 0.1) is 5.41 Å². The van der Waals surface area contributed by atoms with Crippen LogP contribution in [0.1, 0.15) is 27.9 Å². The standard InChI is InChI=1S/C26H29N5O8.ClH/c1-39-22(35)13-20-26(38)30(14-21(33)34)10-11-31(20)25(37)19(12-15-2-8-18(32)9-3-15)29-24(36)17-6-4-16(5-7-17)23(27)28;/h2-9,19-20,32H,10-14H2,1H3,(H3,27,28)(H,29,36)(H,33,34);1H/t19-,20-;/m0./s1. The maximum Gasteiger partial charge on any atom is 0.323 e. The van der Waals surface area contributed by atoms with Crippen molar-refractivity contribution in [3.63, 3.8) is 0 Å². The summed E-state index contributed by atoms with van der Waals surface area (Å²) in [6.07, 6.45) is -0.506. The highest BCUT2D eigenvalue weighted by atomic mass is 35.5. The van der Waals surface area contributed by atoms with E-state index in [1.807, 2.05) is 0 Å². The molecule has 0 aliphatic carbocycles. The van der Waals surface area contributed by atoms with Crippen LogP contribution in [0.3, 0.4) is 0 Å². The number of amides is 3. The van der Waals surface area contributed by atoms with Crippen molar-refractivity contribution in [2.45, 2.75) is 24.9 Å². The number of hydrogen-bond acceptors (Lipinski definition) is 8. The Morgan fingerprint density at radius 1 is 1.07 bits per heavy atom. The van der Waals surface area contributed by atoms with Crippen molar-refractivity contribution >= 4 is 47.9 Å².